The topological polar surface area (TPSA) is 66.8 Å². The van der Waals surface area contributed by atoms with Gasteiger partial charge in [-0.1, -0.05) is 13.0 Å². The minimum atomic E-state index is -1.01. The smallest absolute Gasteiger partial charge is 0.331 e. The number of aliphatic carboxylic acids is 1. The molecule has 20 heavy (non-hydrogen) atoms. The molecule has 5 nitrogen and oxygen atoms in total. The van der Waals surface area contributed by atoms with Crippen LogP contribution in [0.1, 0.15) is 37.4 Å². The van der Waals surface area contributed by atoms with E-state index in [0.29, 0.717) is 18.7 Å². The van der Waals surface area contributed by atoms with Crippen LogP contribution in [-0.2, 0) is 16.0 Å². The van der Waals surface area contributed by atoms with Crippen LogP contribution in [0.25, 0.3) is 0 Å². The summed E-state index contributed by atoms with van der Waals surface area (Å²) in [5.41, 5.74) is 1.64. The van der Waals surface area contributed by atoms with Gasteiger partial charge in [-0.2, -0.15) is 0 Å². The molecular formula is C15H19NO4. The lowest BCUT2D eigenvalue weighted by atomic mass is 10.0. The zero-order valence-electron chi connectivity index (χ0n) is 11.8. The summed E-state index contributed by atoms with van der Waals surface area (Å²) >= 11 is 0. The first-order valence-corrected chi connectivity index (χ1v) is 6.80. The van der Waals surface area contributed by atoms with Gasteiger partial charge in [0.1, 0.15) is 5.75 Å². The highest BCUT2D eigenvalue weighted by molar-refractivity contribution is 5.83. The van der Waals surface area contributed by atoms with Crippen LogP contribution in [-0.4, -0.2) is 35.0 Å². The first kappa shape index (κ1) is 14.4. The molecule has 0 fully saturated rings. The lowest BCUT2D eigenvalue weighted by molar-refractivity contribution is -0.149. The Balaban J connectivity index is 2.37. The molecule has 1 aromatic rings. The Morgan fingerprint density at radius 3 is 2.80 bits per heavy atom. The average Bonchev–Trinajstić information content (AvgIpc) is 2.85. The summed E-state index contributed by atoms with van der Waals surface area (Å²) in [4.78, 5) is 24.7. The van der Waals surface area contributed by atoms with Gasteiger partial charge < -0.3 is 14.7 Å². The predicted molar refractivity (Wildman–Crippen MR) is 73.7 cm³/mol. The molecule has 1 unspecified atom stereocenters. The Hall–Kier alpha value is -2.04. The predicted octanol–water partition coefficient (Wildman–Crippen LogP) is 2.01. The molecule has 2 rings (SSSR count). The third-order valence-electron chi connectivity index (χ3n) is 3.44. The van der Waals surface area contributed by atoms with E-state index in [1.165, 1.54) is 11.8 Å². The molecule has 1 aromatic carbocycles. The van der Waals surface area contributed by atoms with Crippen molar-refractivity contribution in [3.05, 3.63) is 29.3 Å². The highest BCUT2D eigenvalue weighted by atomic mass is 16.5. The molecule has 0 aliphatic carbocycles. The van der Waals surface area contributed by atoms with Gasteiger partial charge in [0.15, 0.2) is 6.04 Å². The van der Waals surface area contributed by atoms with E-state index in [4.69, 9.17) is 4.74 Å². The molecule has 1 amide bonds. The number of rotatable bonds is 5. The third kappa shape index (κ3) is 2.76. The van der Waals surface area contributed by atoms with Crippen molar-refractivity contribution < 1.29 is 19.4 Å². The van der Waals surface area contributed by atoms with Crippen molar-refractivity contribution in [3.63, 3.8) is 0 Å². The molecule has 1 N–H and O–H groups in total. The number of fused-ring (bicyclic) bond motifs is 1. The summed E-state index contributed by atoms with van der Waals surface area (Å²) in [5, 5.41) is 9.50. The Morgan fingerprint density at radius 2 is 2.20 bits per heavy atom. The van der Waals surface area contributed by atoms with Crippen LogP contribution in [0, 0.1) is 0 Å². The monoisotopic (exact) mass is 277 g/mol. The summed E-state index contributed by atoms with van der Waals surface area (Å²) in [5.74, 6) is -0.425. The molecule has 0 spiro atoms. The van der Waals surface area contributed by atoms with Gasteiger partial charge in [0, 0.05) is 19.9 Å². The van der Waals surface area contributed by atoms with Gasteiger partial charge in [-0.25, -0.2) is 4.79 Å². The first-order chi connectivity index (χ1) is 9.54. The molecule has 0 aromatic heterocycles. The number of carbonyl (C=O) groups is 2. The van der Waals surface area contributed by atoms with Gasteiger partial charge in [-0.05, 0) is 29.7 Å². The number of benzene rings is 1. The second-order valence-electron chi connectivity index (χ2n) is 4.92. The van der Waals surface area contributed by atoms with Crippen molar-refractivity contribution in [2.24, 2.45) is 0 Å². The van der Waals surface area contributed by atoms with E-state index >= 15 is 0 Å². The number of carboxylic acids is 1. The fourth-order valence-electron chi connectivity index (χ4n) is 2.54. The molecule has 1 heterocycles. The molecule has 1 atom stereocenters. The van der Waals surface area contributed by atoms with E-state index in [9.17, 15) is 14.7 Å². The van der Waals surface area contributed by atoms with Gasteiger partial charge in [0.2, 0.25) is 5.91 Å². The van der Waals surface area contributed by atoms with Crippen molar-refractivity contribution in [2.45, 2.75) is 32.7 Å². The summed E-state index contributed by atoms with van der Waals surface area (Å²) in [7, 11) is 0. The van der Waals surface area contributed by atoms with Crippen molar-refractivity contribution in [3.8, 4) is 5.75 Å². The molecule has 108 valence electrons. The highest BCUT2D eigenvalue weighted by Crippen LogP contribution is 2.30. The molecule has 0 bridgehead atoms. The Kier molecular flexibility index (Phi) is 4.27. The Bertz CT molecular complexity index is 527. The van der Waals surface area contributed by atoms with Gasteiger partial charge >= 0.3 is 5.97 Å². The standard InChI is InChI=1S/C15H19NO4/c1-3-7-16(10(2)17)14(15(18)19)12-4-5-13-11(9-12)6-8-20-13/h4-5,9,14H,3,6-8H2,1-2H3,(H,18,19). The lowest BCUT2D eigenvalue weighted by Gasteiger charge is -2.28. The zero-order chi connectivity index (χ0) is 14.7. The summed E-state index contributed by atoms with van der Waals surface area (Å²) in [6.07, 6.45) is 1.50. The van der Waals surface area contributed by atoms with Crippen molar-refractivity contribution in [2.75, 3.05) is 13.2 Å². The van der Waals surface area contributed by atoms with E-state index < -0.39 is 12.0 Å². The van der Waals surface area contributed by atoms with Crippen molar-refractivity contribution in [1.82, 2.24) is 4.90 Å². The minimum Gasteiger partial charge on any atom is -0.493 e. The fraction of sp³-hybridized carbons (Fsp3) is 0.467. The average molecular weight is 277 g/mol. The van der Waals surface area contributed by atoms with Crippen LogP contribution in [0.15, 0.2) is 18.2 Å². The van der Waals surface area contributed by atoms with E-state index in [1.54, 1.807) is 12.1 Å². The Morgan fingerprint density at radius 1 is 1.45 bits per heavy atom. The van der Waals surface area contributed by atoms with Crippen molar-refractivity contribution >= 4 is 11.9 Å². The van der Waals surface area contributed by atoms with Gasteiger partial charge in [-0.3, -0.25) is 4.79 Å². The molecule has 1 aliphatic rings. The van der Waals surface area contributed by atoms with Crippen molar-refractivity contribution in [1.29, 1.82) is 0 Å². The molecular weight excluding hydrogens is 258 g/mol. The van der Waals surface area contributed by atoms with Gasteiger partial charge in [0.25, 0.3) is 0 Å². The zero-order valence-corrected chi connectivity index (χ0v) is 11.8. The molecule has 0 saturated carbocycles. The summed E-state index contributed by atoms with van der Waals surface area (Å²) < 4.78 is 5.42. The minimum absolute atomic E-state index is 0.226. The highest BCUT2D eigenvalue weighted by Gasteiger charge is 2.29. The maximum atomic E-state index is 11.7. The molecule has 1 aliphatic heterocycles. The number of amides is 1. The Labute approximate surface area is 118 Å². The number of hydrogen-bond acceptors (Lipinski definition) is 3. The molecule has 5 heteroatoms. The summed E-state index contributed by atoms with van der Waals surface area (Å²) in [6, 6.07) is 4.43. The fourth-order valence-corrected chi connectivity index (χ4v) is 2.54. The number of carboxylic acid groups (broad SMARTS) is 1. The number of ether oxygens (including phenoxy) is 1. The quantitative estimate of drug-likeness (QED) is 0.894. The third-order valence-corrected chi connectivity index (χ3v) is 3.44. The first-order valence-electron chi connectivity index (χ1n) is 6.80. The maximum Gasteiger partial charge on any atom is 0.331 e. The van der Waals surface area contributed by atoms with Gasteiger partial charge in [0.05, 0.1) is 6.61 Å². The van der Waals surface area contributed by atoms with E-state index in [1.807, 2.05) is 13.0 Å². The van der Waals surface area contributed by atoms with E-state index in [0.717, 1.165) is 24.2 Å². The normalized spacial score (nSPS) is 14.3. The van der Waals surface area contributed by atoms with Gasteiger partial charge in [-0.15, -0.1) is 0 Å². The maximum absolute atomic E-state index is 11.7. The second kappa shape index (κ2) is 5.94. The van der Waals surface area contributed by atoms with Crippen LogP contribution in [0.2, 0.25) is 0 Å². The van der Waals surface area contributed by atoms with Crippen LogP contribution >= 0.6 is 0 Å². The molecule has 0 saturated heterocycles. The SMILES string of the molecule is CCCN(C(C)=O)C(C(=O)O)c1ccc2c(c1)CCO2. The van der Waals surface area contributed by atoms with Crippen LogP contribution in [0.5, 0.6) is 5.75 Å². The van der Waals surface area contributed by atoms with Crippen LogP contribution < -0.4 is 4.74 Å². The lowest BCUT2D eigenvalue weighted by Crippen LogP contribution is -2.38. The number of carbonyl (C=O) groups excluding carboxylic acids is 1. The largest absolute Gasteiger partial charge is 0.493 e. The summed E-state index contributed by atoms with van der Waals surface area (Å²) in [6.45, 7) is 4.38. The van der Waals surface area contributed by atoms with E-state index in [2.05, 4.69) is 0 Å². The second-order valence-corrected chi connectivity index (χ2v) is 4.92. The number of hydrogen-bond donors (Lipinski definition) is 1. The van der Waals surface area contributed by atoms with Crippen LogP contribution in [0.3, 0.4) is 0 Å². The van der Waals surface area contributed by atoms with Crippen LogP contribution in [0.4, 0.5) is 0 Å². The van der Waals surface area contributed by atoms with E-state index in [-0.39, 0.29) is 5.91 Å². The molecule has 0 radical (unpaired) electrons. The number of nitrogens with zero attached hydrogens (tertiary/aromatic N) is 1.